The molecule has 4 aromatic rings. The van der Waals surface area contributed by atoms with Crippen LogP contribution in [0.2, 0.25) is 0 Å². The lowest BCUT2D eigenvalue weighted by atomic mass is 10.0. The fourth-order valence-electron chi connectivity index (χ4n) is 3.72. The zero-order valence-electron chi connectivity index (χ0n) is 20.2. The summed E-state index contributed by atoms with van der Waals surface area (Å²) in [6.45, 7) is 0. The van der Waals surface area contributed by atoms with Gasteiger partial charge < -0.3 is 0 Å². The first-order valence-electron chi connectivity index (χ1n) is 11.2. The molecule has 15 heteroatoms. The van der Waals surface area contributed by atoms with E-state index in [2.05, 4.69) is 0 Å². The second-order valence-electron chi connectivity index (χ2n) is 8.62. The van der Waals surface area contributed by atoms with Gasteiger partial charge in [0, 0.05) is 19.5 Å². The van der Waals surface area contributed by atoms with Gasteiger partial charge in [0.25, 0.3) is 0 Å². The molecular weight excluding hydrogens is 630 g/mol. The van der Waals surface area contributed by atoms with Crippen molar-refractivity contribution >= 4 is 34.3 Å². The lowest BCUT2D eigenvalue weighted by Gasteiger charge is -2.13. The molecule has 0 aliphatic rings. The minimum atomic E-state index is -5.06. The third kappa shape index (κ3) is 6.99. The summed E-state index contributed by atoms with van der Waals surface area (Å²) in [6, 6.07) is 9.08. The van der Waals surface area contributed by atoms with Crippen molar-refractivity contribution in [3.63, 3.8) is 0 Å². The Hall–Kier alpha value is -3.77. The molecule has 2 heterocycles. The Labute approximate surface area is 236 Å². The fraction of sp³-hybridized carbons (Fsp3) is 0.148. The van der Waals surface area contributed by atoms with E-state index in [1.54, 1.807) is 0 Å². The Morgan fingerprint density at radius 1 is 0.548 bits per heavy atom. The third-order valence-corrected chi connectivity index (χ3v) is 7.90. The van der Waals surface area contributed by atoms with E-state index in [1.165, 1.54) is 30.3 Å². The van der Waals surface area contributed by atoms with Gasteiger partial charge in [-0.3, -0.25) is 0 Å². The first-order chi connectivity index (χ1) is 19.3. The number of alkyl halides is 12. The minimum Gasteiger partial charge on any atom is -0.192 e. The standard InChI is InChI=1S/C27H11F12NS2/c28-24(29,30)16-5-13(6-17(10-16)25(31,32)33)21-2-1-20(41-21)9-15(12-40)23-4-3-22(42-23)14-7-18(26(34,35)36)11-19(8-14)27(37,38)39/h1-11H/b15-9+. The average molecular weight is 642 g/mol. The zero-order chi connectivity index (χ0) is 31.3. The van der Waals surface area contributed by atoms with Crippen LogP contribution >= 0.6 is 22.7 Å². The molecule has 0 saturated heterocycles. The molecule has 0 saturated carbocycles. The molecule has 0 spiro atoms. The van der Waals surface area contributed by atoms with Crippen molar-refractivity contribution in [1.29, 1.82) is 5.26 Å². The molecule has 0 radical (unpaired) electrons. The van der Waals surface area contributed by atoms with Crippen LogP contribution in [0.4, 0.5) is 52.7 Å². The van der Waals surface area contributed by atoms with Gasteiger partial charge in [0.2, 0.25) is 0 Å². The molecule has 0 atom stereocenters. The number of hydrogen-bond donors (Lipinski definition) is 0. The monoisotopic (exact) mass is 641 g/mol. The molecule has 0 bridgehead atoms. The molecule has 220 valence electrons. The molecule has 0 aliphatic carbocycles. The molecule has 1 nitrogen and oxygen atoms in total. The number of hydrogen-bond acceptors (Lipinski definition) is 3. The van der Waals surface area contributed by atoms with E-state index in [0.717, 1.165) is 22.7 Å². The van der Waals surface area contributed by atoms with Crippen LogP contribution in [-0.4, -0.2) is 0 Å². The lowest BCUT2D eigenvalue weighted by molar-refractivity contribution is -0.144. The van der Waals surface area contributed by atoms with Crippen LogP contribution in [0.5, 0.6) is 0 Å². The van der Waals surface area contributed by atoms with Gasteiger partial charge in [0.1, 0.15) is 6.07 Å². The normalized spacial score (nSPS) is 13.4. The Kier molecular flexibility index (Phi) is 8.02. The van der Waals surface area contributed by atoms with E-state index < -0.39 is 52.5 Å². The van der Waals surface area contributed by atoms with Crippen molar-refractivity contribution in [3.8, 4) is 27.0 Å². The molecule has 2 aromatic heterocycles. The van der Waals surface area contributed by atoms with Crippen LogP contribution in [0.25, 0.3) is 32.5 Å². The summed E-state index contributed by atoms with van der Waals surface area (Å²) in [5, 5.41) is 9.64. The molecule has 0 amide bonds. The molecule has 4 rings (SSSR count). The van der Waals surface area contributed by atoms with E-state index in [0.29, 0.717) is 24.3 Å². The average Bonchev–Trinajstić information content (AvgIpc) is 3.55. The Balaban J connectivity index is 1.71. The summed E-state index contributed by atoms with van der Waals surface area (Å²) < 4.78 is 159. The van der Waals surface area contributed by atoms with Gasteiger partial charge in [-0.05, 0) is 77.9 Å². The first-order valence-corrected chi connectivity index (χ1v) is 12.8. The predicted molar refractivity (Wildman–Crippen MR) is 133 cm³/mol. The first kappa shape index (κ1) is 31.2. The van der Waals surface area contributed by atoms with Crippen molar-refractivity contribution in [2.24, 2.45) is 0 Å². The van der Waals surface area contributed by atoms with Crippen LogP contribution in [0, 0.1) is 11.3 Å². The van der Waals surface area contributed by atoms with E-state index in [4.69, 9.17) is 0 Å². The largest absolute Gasteiger partial charge is 0.416 e. The zero-order valence-corrected chi connectivity index (χ0v) is 21.8. The molecule has 0 fully saturated rings. The highest BCUT2D eigenvalue weighted by molar-refractivity contribution is 7.17. The number of nitrogens with zero attached hydrogens (tertiary/aromatic N) is 1. The van der Waals surface area contributed by atoms with E-state index in [-0.39, 0.29) is 42.8 Å². The molecule has 0 aliphatic heterocycles. The Morgan fingerprint density at radius 3 is 1.31 bits per heavy atom. The van der Waals surface area contributed by atoms with Crippen molar-refractivity contribution in [2.45, 2.75) is 24.7 Å². The SMILES string of the molecule is N#C/C(=C\c1ccc(-c2cc(C(F)(F)F)cc(C(F)(F)F)c2)s1)c1ccc(-c2cc(C(F)(F)F)cc(C(F)(F)F)c2)s1. The smallest absolute Gasteiger partial charge is 0.192 e. The molecule has 2 aromatic carbocycles. The highest BCUT2D eigenvalue weighted by Gasteiger charge is 2.38. The summed E-state index contributed by atoms with van der Waals surface area (Å²) in [4.78, 5) is 0.386. The Bertz CT molecular complexity index is 1630. The maximum atomic E-state index is 13.2. The maximum Gasteiger partial charge on any atom is 0.416 e. The van der Waals surface area contributed by atoms with Crippen molar-refractivity contribution < 1.29 is 52.7 Å². The second kappa shape index (κ2) is 10.8. The highest BCUT2D eigenvalue weighted by atomic mass is 32.1. The second-order valence-corrected chi connectivity index (χ2v) is 10.8. The summed E-state index contributed by atoms with van der Waals surface area (Å²) in [5.41, 5.74) is -6.92. The van der Waals surface area contributed by atoms with Gasteiger partial charge in [0.05, 0.1) is 27.8 Å². The summed E-state index contributed by atoms with van der Waals surface area (Å²) in [5.74, 6) is 0. The molecular formula is C27H11F12NS2. The topological polar surface area (TPSA) is 23.8 Å². The molecule has 0 N–H and O–H groups in total. The number of allylic oxidation sites excluding steroid dienone is 1. The van der Waals surface area contributed by atoms with Crippen molar-refractivity contribution in [1.82, 2.24) is 0 Å². The van der Waals surface area contributed by atoms with E-state index in [9.17, 15) is 57.9 Å². The number of rotatable bonds is 4. The van der Waals surface area contributed by atoms with E-state index in [1.807, 2.05) is 6.07 Å². The predicted octanol–water partition coefficient (Wildman–Crippen LogP) is 11.3. The minimum absolute atomic E-state index is 0.0118. The highest BCUT2D eigenvalue weighted by Crippen LogP contribution is 2.43. The number of thiophene rings is 2. The number of halogens is 12. The third-order valence-electron chi connectivity index (χ3n) is 5.65. The van der Waals surface area contributed by atoms with Crippen LogP contribution in [0.3, 0.4) is 0 Å². The van der Waals surface area contributed by atoms with Crippen molar-refractivity contribution in [3.05, 3.63) is 92.7 Å². The van der Waals surface area contributed by atoms with Gasteiger partial charge in [-0.15, -0.1) is 22.7 Å². The number of benzene rings is 2. The van der Waals surface area contributed by atoms with E-state index >= 15 is 0 Å². The van der Waals surface area contributed by atoms with Gasteiger partial charge in [0.15, 0.2) is 0 Å². The number of nitriles is 1. The summed E-state index contributed by atoms with van der Waals surface area (Å²) >= 11 is 1.49. The van der Waals surface area contributed by atoms with Gasteiger partial charge in [-0.1, -0.05) is 0 Å². The summed E-state index contributed by atoms with van der Waals surface area (Å²) in [7, 11) is 0. The molecule has 0 unspecified atom stereocenters. The van der Waals surface area contributed by atoms with Crippen molar-refractivity contribution in [2.75, 3.05) is 0 Å². The van der Waals surface area contributed by atoms with Gasteiger partial charge >= 0.3 is 24.7 Å². The van der Waals surface area contributed by atoms with Crippen LogP contribution in [-0.2, 0) is 24.7 Å². The van der Waals surface area contributed by atoms with Gasteiger partial charge in [-0.25, -0.2) is 0 Å². The van der Waals surface area contributed by atoms with Gasteiger partial charge in [-0.2, -0.15) is 57.9 Å². The molecule has 42 heavy (non-hydrogen) atoms. The fourth-order valence-corrected chi connectivity index (χ4v) is 5.62. The van der Waals surface area contributed by atoms with Crippen LogP contribution in [0.1, 0.15) is 32.0 Å². The van der Waals surface area contributed by atoms with Crippen LogP contribution in [0.15, 0.2) is 60.7 Å². The maximum absolute atomic E-state index is 13.2. The summed E-state index contributed by atoms with van der Waals surface area (Å²) in [6.07, 6.45) is -19.0. The quantitative estimate of drug-likeness (QED) is 0.161. The van der Waals surface area contributed by atoms with Crippen LogP contribution < -0.4 is 0 Å². The lowest BCUT2D eigenvalue weighted by Crippen LogP contribution is -2.10. The Morgan fingerprint density at radius 2 is 0.929 bits per heavy atom.